The van der Waals surface area contributed by atoms with Crippen molar-refractivity contribution in [2.75, 3.05) is 19.0 Å². The molecule has 0 aromatic heterocycles. The molecule has 18 heavy (non-hydrogen) atoms. The van der Waals surface area contributed by atoms with Crippen molar-refractivity contribution in [3.8, 4) is 5.75 Å². The minimum Gasteiger partial charge on any atom is -0.494 e. The third-order valence-electron chi connectivity index (χ3n) is 2.71. The Morgan fingerprint density at radius 1 is 1.22 bits per heavy atom. The molecule has 2 nitrogen and oxygen atoms in total. The lowest BCUT2D eigenvalue weighted by atomic mass is 10.1. The van der Waals surface area contributed by atoms with E-state index in [0.29, 0.717) is 17.8 Å². The van der Waals surface area contributed by atoms with Gasteiger partial charge in [-0.15, -0.1) is 11.6 Å². The van der Waals surface area contributed by atoms with E-state index >= 15 is 0 Å². The Morgan fingerprint density at radius 2 is 1.94 bits per heavy atom. The average Bonchev–Trinajstić information content (AvgIpc) is 2.37. The third kappa shape index (κ3) is 6.87. The van der Waals surface area contributed by atoms with Crippen LogP contribution in [0.5, 0.6) is 5.75 Å². The van der Waals surface area contributed by atoms with E-state index in [1.165, 1.54) is 0 Å². The minimum atomic E-state index is 0.420. The standard InChI is InChI=1S/C15H24ClNO/c1-13(2)11-14(12-16)17-9-6-10-18-15-7-4-3-5-8-15/h3-5,7-8,13-14,17H,6,9-12H2,1-2H3. The van der Waals surface area contributed by atoms with Gasteiger partial charge in [-0.25, -0.2) is 0 Å². The highest BCUT2D eigenvalue weighted by molar-refractivity contribution is 6.18. The van der Waals surface area contributed by atoms with Crippen molar-refractivity contribution in [1.29, 1.82) is 0 Å². The Hall–Kier alpha value is -0.730. The van der Waals surface area contributed by atoms with E-state index in [4.69, 9.17) is 16.3 Å². The van der Waals surface area contributed by atoms with Crippen molar-refractivity contribution in [2.45, 2.75) is 32.7 Å². The van der Waals surface area contributed by atoms with Crippen LogP contribution in [0, 0.1) is 5.92 Å². The fourth-order valence-electron chi connectivity index (χ4n) is 1.86. The van der Waals surface area contributed by atoms with E-state index in [1.54, 1.807) is 0 Å². The molecule has 1 unspecified atom stereocenters. The van der Waals surface area contributed by atoms with E-state index in [1.807, 2.05) is 30.3 Å². The first-order chi connectivity index (χ1) is 8.72. The van der Waals surface area contributed by atoms with E-state index in [2.05, 4.69) is 19.2 Å². The first kappa shape index (κ1) is 15.3. The van der Waals surface area contributed by atoms with Crippen molar-refractivity contribution >= 4 is 11.6 Å². The molecule has 0 aliphatic heterocycles. The fourth-order valence-corrected chi connectivity index (χ4v) is 2.09. The summed E-state index contributed by atoms with van der Waals surface area (Å²) >= 11 is 5.93. The highest BCUT2D eigenvalue weighted by atomic mass is 35.5. The van der Waals surface area contributed by atoms with Gasteiger partial charge < -0.3 is 10.1 Å². The van der Waals surface area contributed by atoms with Gasteiger partial charge >= 0.3 is 0 Å². The van der Waals surface area contributed by atoms with Crippen LogP contribution in [0.15, 0.2) is 30.3 Å². The van der Waals surface area contributed by atoms with E-state index < -0.39 is 0 Å². The maximum absolute atomic E-state index is 5.93. The van der Waals surface area contributed by atoms with Gasteiger partial charge in [0.2, 0.25) is 0 Å². The molecule has 1 aromatic carbocycles. The number of hydrogen-bond donors (Lipinski definition) is 1. The second-order valence-electron chi connectivity index (χ2n) is 4.95. The molecule has 0 fully saturated rings. The summed E-state index contributed by atoms with van der Waals surface area (Å²) in [5, 5.41) is 3.48. The molecule has 0 amide bonds. The maximum Gasteiger partial charge on any atom is 0.119 e. The van der Waals surface area contributed by atoms with E-state index in [-0.39, 0.29) is 0 Å². The molecule has 0 saturated carbocycles. The zero-order chi connectivity index (χ0) is 13.2. The van der Waals surface area contributed by atoms with Gasteiger partial charge in [-0.3, -0.25) is 0 Å². The highest BCUT2D eigenvalue weighted by Crippen LogP contribution is 2.08. The summed E-state index contributed by atoms with van der Waals surface area (Å²) in [6, 6.07) is 10.3. The maximum atomic E-state index is 5.93. The van der Waals surface area contributed by atoms with Crippen LogP contribution in [0.2, 0.25) is 0 Å². The number of para-hydroxylation sites is 1. The molecule has 0 heterocycles. The first-order valence-electron chi connectivity index (χ1n) is 6.69. The van der Waals surface area contributed by atoms with Gasteiger partial charge in [-0.2, -0.15) is 0 Å². The molecule has 0 radical (unpaired) electrons. The number of benzene rings is 1. The summed E-state index contributed by atoms with van der Waals surface area (Å²) in [5.41, 5.74) is 0. The minimum absolute atomic E-state index is 0.420. The summed E-state index contributed by atoms with van der Waals surface area (Å²) in [6.45, 7) is 6.14. The zero-order valence-electron chi connectivity index (χ0n) is 11.4. The molecule has 0 bridgehead atoms. The van der Waals surface area contributed by atoms with Gasteiger partial charge in [0, 0.05) is 11.9 Å². The Balaban J connectivity index is 2.07. The monoisotopic (exact) mass is 269 g/mol. The Kier molecular flexibility index (Phi) is 7.86. The average molecular weight is 270 g/mol. The second-order valence-corrected chi connectivity index (χ2v) is 5.26. The summed E-state index contributed by atoms with van der Waals surface area (Å²) in [7, 11) is 0. The van der Waals surface area contributed by atoms with Crippen LogP contribution in [-0.2, 0) is 0 Å². The predicted molar refractivity (Wildman–Crippen MR) is 78.5 cm³/mol. The Bertz CT molecular complexity index is 303. The summed E-state index contributed by atoms with van der Waals surface area (Å²) in [4.78, 5) is 0. The molecule has 1 N–H and O–H groups in total. The zero-order valence-corrected chi connectivity index (χ0v) is 12.1. The molecule has 1 rings (SSSR count). The van der Waals surface area contributed by atoms with Gasteiger partial charge in [-0.1, -0.05) is 32.0 Å². The highest BCUT2D eigenvalue weighted by Gasteiger charge is 2.08. The second kappa shape index (κ2) is 9.23. The smallest absolute Gasteiger partial charge is 0.119 e. The number of ether oxygens (including phenoxy) is 1. The molecule has 0 saturated heterocycles. The SMILES string of the molecule is CC(C)CC(CCl)NCCCOc1ccccc1. The lowest BCUT2D eigenvalue weighted by Crippen LogP contribution is -2.33. The summed E-state index contributed by atoms with van der Waals surface area (Å²) in [5.74, 6) is 2.30. The quantitative estimate of drug-likeness (QED) is 0.545. The number of rotatable bonds is 9. The molecule has 1 atom stereocenters. The van der Waals surface area contributed by atoms with Crippen molar-refractivity contribution in [2.24, 2.45) is 5.92 Å². The Morgan fingerprint density at radius 3 is 2.56 bits per heavy atom. The summed E-state index contributed by atoms with van der Waals surface area (Å²) in [6.07, 6.45) is 2.13. The number of hydrogen-bond acceptors (Lipinski definition) is 2. The van der Waals surface area contributed by atoms with Crippen LogP contribution in [0.25, 0.3) is 0 Å². The lowest BCUT2D eigenvalue weighted by Gasteiger charge is -2.18. The predicted octanol–water partition coefficient (Wildman–Crippen LogP) is 3.70. The van der Waals surface area contributed by atoms with Crippen molar-refractivity contribution in [3.05, 3.63) is 30.3 Å². The molecule has 0 spiro atoms. The van der Waals surface area contributed by atoms with Crippen molar-refractivity contribution < 1.29 is 4.74 Å². The van der Waals surface area contributed by atoms with Gasteiger partial charge in [0.1, 0.15) is 5.75 Å². The topological polar surface area (TPSA) is 21.3 Å². The normalized spacial score (nSPS) is 12.7. The van der Waals surface area contributed by atoms with Crippen LogP contribution in [-0.4, -0.2) is 25.1 Å². The van der Waals surface area contributed by atoms with Gasteiger partial charge in [-0.05, 0) is 37.4 Å². The number of alkyl halides is 1. The lowest BCUT2D eigenvalue weighted by molar-refractivity contribution is 0.303. The molecule has 0 aliphatic carbocycles. The molecule has 1 aromatic rings. The first-order valence-corrected chi connectivity index (χ1v) is 7.23. The van der Waals surface area contributed by atoms with Crippen LogP contribution < -0.4 is 10.1 Å². The van der Waals surface area contributed by atoms with Crippen LogP contribution in [0.4, 0.5) is 0 Å². The van der Waals surface area contributed by atoms with E-state index in [9.17, 15) is 0 Å². The van der Waals surface area contributed by atoms with Crippen LogP contribution in [0.3, 0.4) is 0 Å². The van der Waals surface area contributed by atoms with Crippen LogP contribution >= 0.6 is 11.6 Å². The van der Waals surface area contributed by atoms with E-state index in [0.717, 1.165) is 31.7 Å². The van der Waals surface area contributed by atoms with Crippen molar-refractivity contribution in [3.63, 3.8) is 0 Å². The summed E-state index contributed by atoms with van der Waals surface area (Å²) < 4.78 is 5.63. The number of nitrogens with one attached hydrogen (secondary N) is 1. The molecule has 3 heteroatoms. The van der Waals surface area contributed by atoms with Gasteiger partial charge in [0.05, 0.1) is 6.61 Å². The Labute approximate surface area is 116 Å². The molecule has 102 valence electrons. The molecular weight excluding hydrogens is 246 g/mol. The molecule has 0 aliphatic rings. The third-order valence-corrected chi connectivity index (χ3v) is 3.08. The largest absolute Gasteiger partial charge is 0.494 e. The van der Waals surface area contributed by atoms with Crippen LogP contribution in [0.1, 0.15) is 26.7 Å². The van der Waals surface area contributed by atoms with Crippen molar-refractivity contribution in [1.82, 2.24) is 5.32 Å². The van der Waals surface area contributed by atoms with Gasteiger partial charge in [0.15, 0.2) is 0 Å². The molecular formula is C15H24ClNO. The number of halogens is 1. The van der Waals surface area contributed by atoms with Gasteiger partial charge in [0.25, 0.3) is 0 Å². The fraction of sp³-hybridized carbons (Fsp3) is 0.600.